The number of nitrogens with zero attached hydrogens (tertiary/aromatic N) is 1. The molecule has 0 aliphatic rings. The fourth-order valence-corrected chi connectivity index (χ4v) is 4.01. The van der Waals surface area contributed by atoms with Gasteiger partial charge in [0.2, 0.25) is 10.0 Å². The van der Waals surface area contributed by atoms with Gasteiger partial charge in [0.05, 0.1) is 16.9 Å². The van der Waals surface area contributed by atoms with Crippen molar-refractivity contribution in [3.63, 3.8) is 0 Å². The quantitative estimate of drug-likeness (QED) is 0.638. The Labute approximate surface area is 140 Å². The molecule has 2 rings (SSSR count). The molecule has 7 nitrogen and oxygen atoms in total. The Morgan fingerprint density at radius 2 is 1.75 bits per heavy atom. The lowest BCUT2D eigenvalue weighted by molar-refractivity contribution is -0.385. The molecular weight excluding hydrogens is 332 g/mol. The van der Waals surface area contributed by atoms with Crippen molar-refractivity contribution >= 4 is 15.7 Å². The zero-order valence-electron chi connectivity index (χ0n) is 13.6. The molecule has 0 heterocycles. The zero-order chi connectivity index (χ0) is 17.9. The summed E-state index contributed by atoms with van der Waals surface area (Å²) in [5.41, 5.74) is 1.22. The van der Waals surface area contributed by atoms with E-state index in [1.165, 1.54) is 33.1 Å². The first-order chi connectivity index (χ1) is 11.3. The molecule has 128 valence electrons. The number of para-hydroxylation sites is 1. The van der Waals surface area contributed by atoms with Crippen LogP contribution >= 0.6 is 0 Å². The van der Waals surface area contributed by atoms with Gasteiger partial charge in [0.1, 0.15) is 5.75 Å². The number of nitro benzene ring substituents is 1. The van der Waals surface area contributed by atoms with Gasteiger partial charge in [-0.3, -0.25) is 10.1 Å². The van der Waals surface area contributed by atoms with E-state index in [1.54, 1.807) is 24.3 Å². The number of nitrogens with one attached hydrogen (secondary N) is 1. The lowest BCUT2D eigenvalue weighted by atomic mass is 10.1. The average Bonchev–Trinajstić information content (AvgIpc) is 2.52. The molecule has 0 amide bonds. The van der Waals surface area contributed by atoms with E-state index in [2.05, 4.69) is 4.72 Å². The van der Waals surface area contributed by atoms with Crippen LogP contribution in [0.5, 0.6) is 5.75 Å². The van der Waals surface area contributed by atoms with Crippen LogP contribution in [0.1, 0.15) is 16.7 Å². The van der Waals surface area contributed by atoms with Gasteiger partial charge in [0, 0.05) is 24.2 Å². The third-order valence-electron chi connectivity index (χ3n) is 3.57. The predicted molar refractivity (Wildman–Crippen MR) is 89.6 cm³/mol. The van der Waals surface area contributed by atoms with Crippen LogP contribution in [0.15, 0.2) is 41.3 Å². The van der Waals surface area contributed by atoms with E-state index in [1.807, 2.05) is 0 Å². The minimum absolute atomic E-state index is 0.0578. The fourth-order valence-electron chi connectivity index (χ4n) is 2.55. The number of hydrogen-bond acceptors (Lipinski definition) is 5. The van der Waals surface area contributed by atoms with Crippen LogP contribution in [-0.2, 0) is 16.6 Å². The third-order valence-corrected chi connectivity index (χ3v) is 5.28. The highest BCUT2D eigenvalue weighted by Crippen LogP contribution is 2.26. The fraction of sp³-hybridized carbons (Fsp3) is 0.250. The number of ether oxygens (including phenoxy) is 1. The Kier molecular flexibility index (Phi) is 5.20. The summed E-state index contributed by atoms with van der Waals surface area (Å²) in [5.74, 6) is 0.581. The molecule has 0 atom stereocenters. The molecular formula is C16H18N2O5S. The van der Waals surface area contributed by atoms with E-state index in [4.69, 9.17) is 4.74 Å². The van der Waals surface area contributed by atoms with Gasteiger partial charge in [-0.05, 0) is 31.0 Å². The number of aryl methyl sites for hydroxylation is 2. The van der Waals surface area contributed by atoms with Crippen LogP contribution in [0.3, 0.4) is 0 Å². The molecule has 0 aromatic heterocycles. The summed E-state index contributed by atoms with van der Waals surface area (Å²) in [7, 11) is -2.30. The van der Waals surface area contributed by atoms with Crippen molar-refractivity contribution in [1.82, 2.24) is 4.72 Å². The summed E-state index contributed by atoms with van der Waals surface area (Å²) in [6.45, 7) is 3.14. The SMILES string of the molecule is COc1ccccc1CNS(=O)(=O)c1c(C)cc([N+](=O)[O-])cc1C. The predicted octanol–water partition coefficient (Wildman–Crippen LogP) is 2.70. The zero-order valence-corrected chi connectivity index (χ0v) is 14.4. The van der Waals surface area contributed by atoms with E-state index in [0.29, 0.717) is 22.4 Å². The van der Waals surface area contributed by atoms with Gasteiger partial charge in [-0.15, -0.1) is 0 Å². The van der Waals surface area contributed by atoms with Crippen LogP contribution in [0.2, 0.25) is 0 Å². The Bertz CT molecular complexity index is 855. The second kappa shape index (κ2) is 6.98. The average molecular weight is 350 g/mol. The maximum atomic E-state index is 12.6. The number of hydrogen-bond donors (Lipinski definition) is 1. The maximum absolute atomic E-state index is 12.6. The number of sulfonamides is 1. The van der Waals surface area contributed by atoms with E-state index >= 15 is 0 Å². The van der Waals surface area contributed by atoms with Gasteiger partial charge in [-0.2, -0.15) is 0 Å². The molecule has 0 saturated heterocycles. The number of nitro groups is 1. The molecule has 0 fully saturated rings. The summed E-state index contributed by atoms with van der Waals surface area (Å²) in [5, 5.41) is 10.9. The number of non-ortho nitro benzene ring substituents is 1. The lowest BCUT2D eigenvalue weighted by Gasteiger charge is -2.13. The van der Waals surface area contributed by atoms with Crippen molar-refractivity contribution < 1.29 is 18.1 Å². The molecule has 0 aliphatic carbocycles. The summed E-state index contributed by atoms with van der Waals surface area (Å²) >= 11 is 0. The summed E-state index contributed by atoms with van der Waals surface area (Å²) < 4.78 is 32.9. The van der Waals surface area contributed by atoms with Crippen molar-refractivity contribution in [2.24, 2.45) is 0 Å². The molecule has 24 heavy (non-hydrogen) atoms. The van der Waals surface area contributed by atoms with Crippen LogP contribution < -0.4 is 9.46 Å². The molecule has 0 unspecified atom stereocenters. The lowest BCUT2D eigenvalue weighted by Crippen LogP contribution is -2.25. The molecule has 0 aliphatic heterocycles. The molecule has 2 aromatic rings. The summed E-state index contributed by atoms with van der Waals surface area (Å²) in [6, 6.07) is 9.59. The van der Waals surface area contributed by atoms with Gasteiger partial charge in [0.25, 0.3) is 5.69 Å². The maximum Gasteiger partial charge on any atom is 0.270 e. The first-order valence-electron chi connectivity index (χ1n) is 7.13. The standard InChI is InChI=1S/C16H18N2O5S/c1-11-8-14(18(19)20)9-12(2)16(11)24(21,22)17-10-13-6-4-5-7-15(13)23-3/h4-9,17H,10H2,1-3H3. The molecule has 8 heteroatoms. The topological polar surface area (TPSA) is 98.5 Å². The van der Waals surface area contributed by atoms with E-state index in [-0.39, 0.29) is 17.1 Å². The second-order valence-corrected chi connectivity index (χ2v) is 7.01. The van der Waals surface area contributed by atoms with Crippen molar-refractivity contribution in [2.75, 3.05) is 7.11 Å². The Morgan fingerprint density at radius 3 is 2.29 bits per heavy atom. The monoisotopic (exact) mass is 350 g/mol. The molecule has 2 aromatic carbocycles. The van der Waals surface area contributed by atoms with Gasteiger partial charge < -0.3 is 4.74 Å². The van der Waals surface area contributed by atoms with Crippen LogP contribution in [0.4, 0.5) is 5.69 Å². The van der Waals surface area contributed by atoms with Crippen LogP contribution in [-0.4, -0.2) is 20.5 Å². The summed E-state index contributed by atoms with van der Waals surface area (Å²) in [6.07, 6.45) is 0. The largest absolute Gasteiger partial charge is 0.496 e. The second-order valence-electron chi connectivity index (χ2n) is 5.30. The molecule has 0 spiro atoms. The van der Waals surface area contributed by atoms with Gasteiger partial charge in [-0.1, -0.05) is 18.2 Å². The Hall–Kier alpha value is -2.45. The van der Waals surface area contributed by atoms with Crippen molar-refractivity contribution in [3.05, 3.63) is 63.2 Å². The molecule has 0 radical (unpaired) electrons. The minimum Gasteiger partial charge on any atom is -0.496 e. The van der Waals surface area contributed by atoms with Crippen LogP contribution in [0, 0.1) is 24.0 Å². The third kappa shape index (κ3) is 3.72. The first kappa shape index (κ1) is 17.9. The van der Waals surface area contributed by atoms with Crippen molar-refractivity contribution in [1.29, 1.82) is 0 Å². The van der Waals surface area contributed by atoms with E-state index < -0.39 is 14.9 Å². The first-order valence-corrected chi connectivity index (χ1v) is 8.62. The molecule has 0 bridgehead atoms. The van der Waals surface area contributed by atoms with Gasteiger partial charge in [0.15, 0.2) is 0 Å². The molecule has 1 N–H and O–H groups in total. The smallest absolute Gasteiger partial charge is 0.270 e. The highest BCUT2D eigenvalue weighted by Gasteiger charge is 2.22. The highest BCUT2D eigenvalue weighted by molar-refractivity contribution is 7.89. The van der Waals surface area contributed by atoms with E-state index in [0.717, 1.165) is 0 Å². The number of methoxy groups -OCH3 is 1. The molecule has 0 saturated carbocycles. The van der Waals surface area contributed by atoms with Gasteiger partial charge >= 0.3 is 0 Å². The normalized spacial score (nSPS) is 11.3. The van der Waals surface area contributed by atoms with Crippen molar-refractivity contribution in [2.45, 2.75) is 25.3 Å². The number of benzene rings is 2. The van der Waals surface area contributed by atoms with E-state index in [9.17, 15) is 18.5 Å². The summed E-state index contributed by atoms with van der Waals surface area (Å²) in [4.78, 5) is 10.4. The highest BCUT2D eigenvalue weighted by atomic mass is 32.2. The van der Waals surface area contributed by atoms with Gasteiger partial charge in [-0.25, -0.2) is 13.1 Å². The number of rotatable bonds is 6. The van der Waals surface area contributed by atoms with Crippen molar-refractivity contribution in [3.8, 4) is 5.75 Å². The Balaban J connectivity index is 2.33. The minimum atomic E-state index is -3.82. The Morgan fingerprint density at radius 1 is 1.17 bits per heavy atom. The van der Waals surface area contributed by atoms with Crippen LogP contribution in [0.25, 0.3) is 0 Å².